The summed E-state index contributed by atoms with van der Waals surface area (Å²) in [6, 6.07) is 0. The van der Waals surface area contributed by atoms with Crippen molar-refractivity contribution in [3.05, 3.63) is 54.3 Å². The minimum atomic E-state index is 1.11. The van der Waals surface area contributed by atoms with Gasteiger partial charge in [-0.2, -0.15) is 0 Å². The third kappa shape index (κ3) is 3.24. The predicted octanol–water partition coefficient (Wildman–Crippen LogP) is 2.71. The summed E-state index contributed by atoms with van der Waals surface area (Å²) in [5.74, 6) is 0. The number of hydrogen-bond acceptors (Lipinski definition) is 1. The Bertz CT molecular complexity index is 250. The predicted molar refractivity (Wildman–Crippen MR) is 53.2 cm³/mol. The van der Waals surface area contributed by atoms with E-state index in [9.17, 15) is 0 Å². The standard InChI is InChI=1S/C11H14N/c1-10(2)7-8-11-6-4-3-5-9-12-11/h3-9,12H,1-2H3. The maximum atomic E-state index is 3.15. The molecule has 1 rings (SSSR count). The molecule has 0 aromatic heterocycles. The van der Waals surface area contributed by atoms with Crippen molar-refractivity contribution in [3.8, 4) is 0 Å². The number of hydrogen-bond donors (Lipinski definition) is 1. The highest BCUT2D eigenvalue weighted by Gasteiger charge is 1.91. The van der Waals surface area contributed by atoms with E-state index in [1.165, 1.54) is 5.57 Å². The van der Waals surface area contributed by atoms with Gasteiger partial charge < -0.3 is 5.32 Å². The van der Waals surface area contributed by atoms with Gasteiger partial charge >= 0.3 is 0 Å². The van der Waals surface area contributed by atoms with Gasteiger partial charge in [0.05, 0.1) is 0 Å². The highest BCUT2D eigenvalue weighted by Crippen LogP contribution is 2.02. The molecule has 0 spiro atoms. The molecule has 1 aliphatic heterocycles. The van der Waals surface area contributed by atoms with Crippen molar-refractivity contribution >= 4 is 0 Å². The Morgan fingerprint density at radius 1 is 1.25 bits per heavy atom. The van der Waals surface area contributed by atoms with Crippen LogP contribution >= 0.6 is 0 Å². The summed E-state index contributed by atoms with van der Waals surface area (Å²) in [6.07, 6.45) is 14.1. The van der Waals surface area contributed by atoms with Gasteiger partial charge in [-0.15, -0.1) is 0 Å². The van der Waals surface area contributed by atoms with Crippen LogP contribution in [0.4, 0.5) is 0 Å². The fourth-order valence-corrected chi connectivity index (χ4v) is 0.831. The maximum absolute atomic E-state index is 3.15. The van der Waals surface area contributed by atoms with E-state index in [0.717, 1.165) is 5.70 Å². The summed E-state index contributed by atoms with van der Waals surface area (Å²) >= 11 is 0. The molecule has 1 N–H and O–H groups in total. The second kappa shape index (κ2) is 4.60. The minimum absolute atomic E-state index is 1.11. The fourth-order valence-electron chi connectivity index (χ4n) is 0.831. The summed E-state index contributed by atoms with van der Waals surface area (Å²) in [7, 11) is 0. The first-order valence-corrected chi connectivity index (χ1v) is 4.07. The van der Waals surface area contributed by atoms with E-state index in [1.807, 2.05) is 30.5 Å². The van der Waals surface area contributed by atoms with Crippen molar-refractivity contribution in [3.63, 3.8) is 0 Å². The molecule has 0 atom stereocenters. The third-order valence-corrected chi connectivity index (χ3v) is 1.44. The molecule has 0 amide bonds. The Hall–Kier alpha value is -1.24. The van der Waals surface area contributed by atoms with Crippen LogP contribution < -0.4 is 5.32 Å². The molecule has 0 saturated carbocycles. The van der Waals surface area contributed by atoms with Crippen molar-refractivity contribution in [2.75, 3.05) is 0 Å². The van der Waals surface area contributed by atoms with Gasteiger partial charge in [0.1, 0.15) is 0 Å². The Morgan fingerprint density at radius 2 is 2.08 bits per heavy atom. The van der Waals surface area contributed by atoms with Gasteiger partial charge in [-0.25, -0.2) is 0 Å². The average Bonchev–Trinajstić information content (AvgIpc) is 2.28. The molecule has 0 fully saturated rings. The average molecular weight is 160 g/mol. The van der Waals surface area contributed by atoms with E-state index in [2.05, 4.69) is 31.7 Å². The van der Waals surface area contributed by atoms with Gasteiger partial charge in [0.15, 0.2) is 0 Å². The van der Waals surface area contributed by atoms with Crippen molar-refractivity contribution in [1.82, 2.24) is 5.32 Å². The van der Waals surface area contributed by atoms with Crippen LogP contribution in [0.1, 0.15) is 13.8 Å². The van der Waals surface area contributed by atoms with Gasteiger partial charge in [-0.05, 0) is 26.0 Å². The molecule has 63 valence electrons. The van der Waals surface area contributed by atoms with E-state index in [-0.39, 0.29) is 0 Å². The van der Waals surface area contributed by atoms with Crippen LogP contribution in [0.5, 0.6) is 0 Å². The fraction of sp³-hybridized carbons (Fsp3) is 0.182. The Labute approximate surface area is 74.2 Å². The van der Waals surface area contributed by atoms with E-state index in [1.54, 1.807) is 0 Å². The molecule has 0 aromatic rings. The lowest BCUT2D eigenvalue weighted by atomic mass is 10.2. The second-order valence-electron chi connectivity index (χ2n) is 2.92. The number of nitrogens with one attached hydrogen (secondary N) is 1. The summed E-state index contributed by atoms with van der Waals surface area (Å²) in [6.45, 7) is 4.17. The maximum Gasteiger partial charge on any atom is 0.0290 e. The monoisotopic (exact) mass is 160 g/mol. The zero-order valence-electron chi connectivity index (χ0n) is 7.54. The Balaban J connectivity index is 2.52. The lowest BCUT2D eigenvalue weighted by molar-refractivity contribution is 1.09. The first-order valence-electron chi connectivity index (χ1n) is 4.07. The Morgan fingerprint density at radius 3 is 2.83 bits per heavy atom. The second-order valence-corrected chi connectivity index (χ2v) is 2.92. The summed E-state index contributed by atoms with van der Waals surface area (Å²) in [4.78, 5) is 0. The van der Waals surface area contributed by atoms with Gasteiger partial charge in [0, 0.05) is 18.3 Å². The van der Waals surface area contributed by atoms with Crippen molar-refractivity contribution in [1.29, 1.82) is 0 Å². The molecule has 1 aliphatic rings. The van der Waals surface area contributed by atoms with Crippen LogP contribution in [0, 0.1) is 6.42 Å². The van der Waals surface area contributed by atoms with Gasteiger partial charge in [0.2, 0.25) is 0 Å². The smallest absolute Gasteiger partial charge is 0.0290 e. The van der Waals surface area contributed by atoms with Crippen LogP contribution in [0.15, 0.2) is 47.9 Å². The molecule has 1 heteroatoms. The lowest BCUT2D eigenvalue weighted by Crippen LogP contribution is -2.03. The summed E-state index contributed by atoms with van der Waals surface area (Å²) in [5.41, 5.74) is 2.41. The minimum Gasteiger partial charge on any atom is -0.364 e. The first-order chi connectivity index (χ1) is 5.79. The van der Waals surface area contributed by atoms with Crippen molar-refractivity contribution in [2.24, 2.45) is 0 Å². The van der Waals surface area contributed by atoms with Gasteiger partial charge in [0.25, 0.3) is 0 Å². The van der Waals surface area contributed by atoms with E-state index in [0.29, 0.717) is 0 Å². The van der Waals surface area contributed by atoms with Crippen LogP contribution in [0.2, 0.25) is 0 Å². The molecule has 1 radical (unpaired) electrons. The molecule has 1 heterocycles. The van der Waals surface area contributed by atoms with Gasteiger partial charge in [-0.1, -0.05) is 23.8 Å². The van der Waals surface area contributed by atoms with Crippen LogP contribution in [-0.4, -0.2) is 0 Å². The molecule has 1 nitrogen and oxygen atoms in total. The summed E-state index contributed by atoms with van der Waals surface area (Å²) in [5, 5.41) is 3.15. The van der Waals surface area contributed by atoms with Crippen LogP contribution in [0.3, 0.4) is 0 Å². The van der Waals surface area contributed by atoms with E-state index >= 15 is 0 Å². The third-order valence-electron chi connectivity index (χ3n) is 1.44. The SMILES string of the molecule is CC(C)=C[CH]C1=CC=CC=CN1. The van der Waals surface area contributed by atoms with E-state index in [4.69, 9.17) is 0 Å². The van der Waals surface area contributed by atoms with Crippen molar-refractivity contribution in [2.45, 2.75) is 13.8 Å². The topological polar surface area (TPSA) is 12.0 Å². The number of rotatable bonds is 2. The molecular formula is C11H14N. The summed E-state index contributed by atoms with van der Waals surface area (Å²) < 4.78 is 0. The quantitative estimate of drug-likeness (QED) is 0.655. The van der Waals surface area contributed by atoms with E-state index < -0.39 is 0 Å². The zero-order chi connectivity index (χ0) is 8.81. The largest absolute Gasteiger partial charge is 0.364 e. The highest BCUT2D eigenvalue weighted by molar-refractivity contribution is 5.30. The normalized spacial score (nSPS) is 14.7. The Kier molecular flexibility index (Phi) is 3.39. The molecule has 0 aliphatic carbocycles. The van der Waals surface area contributed by atoms with Crippen LogP contribution in [-0.2, 0) is 0 Å². The molecule has 0 unspecified atom stereocenters. The van der Waals surface area contributed by atoms with Crippen molar-refractivity contribution < 1.29 is 0 Å². The van der Waals surface area contributed by atoms with Crippen LogP contribution in [0.25, 0.3) is 0 Å². The molecule has 0 aromatic carbocycles. The highest BCUT2D eigenvalue weighted by atomic mass is 14.8. The lowest BCUT2D eigenvalue weighted by Gasteiger charge is -2.01. The molecule has 0 bridgehead atoms. The molecular weight excluding hydrogens is 146 g/mol. The van der Waals surface area contributed by atoms with Gasteiger partial charge in [-0.3, -0.25) is 0 Å². The number of allylic oxidation sites excluding steroid dienone is 6. The molecule has 12 heavy (non-hydrogen) atoms. The zero-order valence-corrected chi connectivity index (χ0v) is 7.54. The molecule has 0 saturated heterocycles. The first kappa shape index (κ1) is 8.85.